The molecule has 2 rings (SSSR count). The van der Waals surface area contributed by atoms with Crippen LogP contribution in [-0.4, -0.2) is 37.4 Å². The van der Waals surface area contributed by atoms with E-state index in [2.05, 4.69) is 10.1 Å². The van der Waals surface area contributed by atoms with E-state index in [0.717, 1.165) is 11.1 Å². The Morgan fingerprint density at radius 2 is 1.75 bits per heavy atom. The third kappa shape index (κ3) is 5.87. The lowest BCUT2D eigenvalue weighted by molar-refractivity contribution is -0.141. The van der Waals surface area contributed by atoms with Crippen LogP contribution in [0.25, 0.3) is 0 Å². The smallest absolute Gasteiger partial charge is 0.387 e. The molecule has 28 heavy (non-hydrogen) atoms. The average Bonchev–Trinajstić information content (AvgIpc) is 2.66. The van der Waals surface area contributed by atoms with Gasteiger partial charge in [-0.25, -0.2) is 0 Å². The highest BCUT2D eigenvalue weighted by Crippen LogP contribution is 2.20. The predicted octanol–water partition coefficient (Wildman–Crippen LogP) is 3.06. The monoisotopic (exact) mass is 391 g/mol. The molecule has 0 heterocycles. The van der Waals surface area contributed by atoms with Gasteiger partial charge in [0.05, 0.1) is 5.56 Å². The highest BCUT2D eigenvalue weighted by atomic mass is 19.3. The van der Waals surface area contributed by atoms with Crippen molar-refractivity contribution in [2.75, 3.05) is 13.2 Å². The molecule has 8 heteroatoms. The van der Waals surface area contributed by atoms with Gasteiger partial charge in [0, 0.05) is 5.56 Å². The quantitative estimate of drug-likeness (QED) is 0.553. The molecule has 0 saturated heterocycles. The second kappa shape index (κ2) is 9.59. The van der Waals surface area contributed by atoms with Gasteiger partial charge in [-0.05, 0) is 37.6 Å². The number of esters is 1. The first-order chi connectivity index (χ1) is 13.3. The summed E-state index contributed by atoms with van der Waals surface area (Å²) in [5, 5.41) is 2.25. The van der Waals surface area contributed by atoms with Gasteiger partial charge in [0.25, 0.3) is 5.91 Å². The number of carbonyl (C=O) groups excluding carboxylic acids is 3. The summed E-state index contributed by atoms with van der Waals surface area (Å²) >= 11 is 0. The van der Waals surface area contributed by atoms with Crippen LogP contribution in [0.2, 0.25) is 0 Å². The molecular weight excluding hydrogens is 372 g/mol. The van der Waals surface area contributed by atoms with E-state index >= 15 is 0 Å². The van der Waals surface area contributed by atoms with Gasteiger partial charge in [0.15, 0.2) is 6.61 Å². The van der Waals surface area contributed by atoms with Crippen LogP contribution in [-0.2, 0) is 9.53 Å². The van der Waals surface area contributed by atoms with E-state index in [1.165, 1.54) is 24.3 Å². The molecule has 148 valence electrons. The van der Waals surface area contributed by atoms with Gasteiger partial charge in [-0.2, -0.15) is 8.78 Å². The summed E-state index contributed by atoms with van der Waals surface area (Å²) in [5.74, 6) is -2.29. The normalized spacial score (nSPS) is 10.5. The summed E-state index contributed by atoms with van der Waals surface area (Å²) in [6.45, 7) is -0.470. The summed E-state index contributed by atoms with van der Waals surface area (Å²) in [7, 11) is 0. The summed E-state index contributed by atoms with van der Waals surface area (Å²) in [4.78, 5) is 36.0. The number of ether oxygens (including phenoxy) is 2. The fourth-order valence-electron chi connectivity index (χ4n) is 2.41. The number of amides is 1. The first kappa shape index (κ1) is 21.0. The molecule has 2 aromatic rings. The fourth-order valence-corrected chi connectivity index (χ4v) is 2.41. The van der Waals surface area contributed by atoms with E-state index < -0.39 is 31.6 Å². The Bertz CT molecular complexity index is 883. The number of Topliss-reactive ketones (excluding diaryl/α,β-unsaturated/α-hetero) is 1. The van der Waals surface area contributed by atoms with Gasteiger partial charge < -0.3 is 14.8 Å². The van der Waals surface area contributed by atoms with Gasteiger partial charge in [-0.1, -0.05) is 29.8 Å². The Hall–Kier alpha value is -3.29. The molecule has 0 aromatic heterocycles. The maximum absolute atomic E-state index is 12.4. The van der Waals surface area contributed by atoms with Gasteiger partial charge in [-0.15, -0.1) is 0 Å². The predicted molar refractivity (Wildman–Crippen MR) is 96.6 cm³/mol. The number of hydrogen-bond acceptors (Lipinski definition) is 5. The first-order valence-corrected chi connectivity index (χ1v) is 8.36. The molecule has 0 spiro atoms. The van der Waals surface area contributed by atoms with Crippen LogP contribution in [0.15, 0.2) is 42.5 Å². The van der Waals surface area contributed by atoms with E-state index in [1.807, 2.05) is 13.0 Å². The van der Waals surface area contributed by atoms with Crippen LogP contribution < -0.4 is 10.1 Å². The number of nitrogens with one attached hydrogen (secondary N) is 1. The number of benzene rings is 2. The average molecular weight is 391 g/mol. The maximum Gasteiger partial charge on any atom is 0.387 e. The standard InChI is InChI=1S/C20H19F2NO5/c1-12-7-8-13(2)15(9-12)16(24)11-27-18(25)10-23-19(26)14-5-3-4-6-17(14)28-20(21)22/h3-9,20H,10-11H2,1-2H3,(H,23,26). The number of ketones is 1. The third-order valence-electron chi connectivity index (χ3n) is 3.80. The topological polar surface area (TPSA) is 81.7 Å². The zero-order chi connectivity index (χ0) is 20.7. The van der Waals surface area contributed by atoms with Crippen molar-refractivity contribution in [2.24, 2.45) is 0 Å². The van der Waals surface area contributed by atoms with E-state index in [9.17, 15) is 23.2 Å². The highest BCUT2D eigenvalue weighted by molar-refractivity contribution is 6.00. The Balaban J connectivity index is 1.88. The zero-order valence-corrected chi connectivity index (χ0v) is 15.3. The second-order valence-corrected chi connectivity index (χ2v) is 5.96. The first-order valence-electron chi connectivity index (χ1n) is 8.36. The molecule has 0 aliphatic heterocycles. The van der Waals surface area contributed by atoms with Crippen LogP contribution in [0.5, 0.6) is 5.75 Å². The van der Waals surface area contributed by atoms with Crippen LogP contribution in [0.3, 0.4) is 0 Å². The molecule has 1 N–H and O–H groups in total. The molecule has 0 atom stereocenters. The molecule has 0 saturated carbocycles. The Morgan fingerprint density at radius 3 is 2.46 bits per heavy atom. The molecule has 0 aliphatic carbocycles. The van der Waals surface area contributed by atoms with Crippen molar-refractivity contribution in [1.29, 1.82) is 0 Å². The van der Waals surface area contributed by atoms with E-state index in [4.69, 9.17) is 4.74 Å². The number of para-hydroxylation sites is 1. The molecule has 1 amide bonds. The number of hydrogen-bond donors (Lipinski definition) is 1. The molecule has 0 fully saturated rings. The molecule has 0 bridgehead atoms. The van der Waals surface area contributed by atoms with Crippen molar-refractivity contribution >= 4 is 17.7 Å². The van der Waals surface area contributed by atoms with Gasteiger partial charge in [0.2, 0.25) is 5.78 Å². The maximum atomic E-state index is 12.4. The number of aryl methyl sites for hydroxylation is 2. The van der Waals surface area contributed by atoms with E-state index in [1.54, 1.807) is 19.1 Å². The van der Waals surface area contributed by atoms with Gasteiger partial charge in [0.1, 0.15) is 12.3 Å². The minimum atomic E-state index is -3.09. The Labute approximate surface area is 160 Å². The molecule has 6 nitrogen and oxygen atoms in total. The summed E-state index contributed by atoms with van der Waals surface area (Å²) in [6, 6.07) is 10.8. The number of alkyl halides is 2. The fraction of sp³-hybridized carbons (Fsp3) is 0.250. The molecule has 0 unspecified atom stereocenters. The lowest BCUT2D eigenvalue weighted by Gasteiger charge is -2.11. The van der Waals surface area contributed by atoms with Crippen LogP contribution >= 0.6 is 0 Å². The summed E-state index contributed by atoms with van der Waals surface area (Å²) in [5.41, 5.74) is 1.96. The van der Waals surface area contributed by atoms with Crippen molar-refractivity contribution in [2.45, 2.75) is 20.5 Å². The Kier molecular flexibility index (Phi) is 7.20. The molecular formula is C20H19F2NO5. The van der Waals surface area contributed by atoms with Crippen molar-refractivity contribution < 1.29 is 32.6 Å². The van der Waals surface area contributed by atoms with Crippen molar-refractivity contribution in [3.63, 3.8) is 0 Å². The molecule has 2 aromatic carbocycles. The van der Waals surface area contributed by atoms with Crippen molar-refractivity contribution in [3.8, 4) is 5.75 Å². The SMILES string of the molecule is Cc1ccc(C)c(C(=O)COC(=O)CNC(=O)c2ccccc2OC(F)F)c1. The van der Waals surface area contributed by atoms with E-state index in [0.29, 0.717) is 5.56 Å². The summed E-state index contributed by atoms with van der Waals surface area (Å²) < 4.78 is 33.9. The third-order valence-corrected chi connectivity index (χ3v) is 3.80. The number of rotatable bonds is 8. The highest BCUT2D eigenvalue weighted by Gasteiger charge is 2.17. The van der Waals surface area contributed by atoms with E-state index in [-0.39, 0.29) is 17.1 Å². The second-order valence-electron chi connectivity index (χ2n) is 5.96. The van der Waals surface area contributed by atoms with Crippen LogP contribution in [0.1, 0.15) is 31.8 Å². The van der Waals surface area contributed by atoms with Crippen molar-refractivity contribution in [1.82, 2.24) is 5.32 Å². The molecule has 0 radical (unpaired) electrons. The van der Waals surface area contributed by atoms with Gasteiger partial charge >= 0.3 is 12.6 Å². The minimum Gasteiger partial charge on any atom is -0.456 e. The minimum absolute atomic E-state index is 0.151. The largest absolute Gasteiger partial charge is 0.456 e. The van der Waals surface area contributed by atoms with Gasteiger partial charge in [-0.3, -0.25) is 14.4 Å². The summed E-state index contributed by atoms with van der Waals surface area (Å²) in [6.07, 6.45) is 0. The zero-order valence-electron chi connectivity index (χ0n) is 15.3. The number of carbonyl (C=O) groups is 3. The molecule has 0 aliphatic rings. The lowest BCUT2D eigenvalue weighted by Crippen LogP contribution is -2.32. The lowest BCUT2D eigenvalue weighted by atomic mass is 10.0. The Morgan fingerprint density at radius 1 is 1.04 bits per heavy atom. The van der Waals surface area contributed by atoms with Crippen molar-refractivity contribution in [3.05, 3.63) is 64.7 Å². The number of halogens is 2. The van der Waals surface area contributed by atoms with Crippen LogP contribution in [0, 0.1) is 13.8 Å². The van der Waals surface area contributed by atoms with Crippen LogP contribution in [0.4, 0.5) is 8.78 Å².